The van der Waals surface area contributed by atoms with Crippen LogP contribution in [0.2, 0.25) is 0 Å². The van der Waals surface area contributed by atoms with Crippen LogP contribution in [0.25, 0.3) is 0 Å². The van der Waals surface area contributed by atoms with Crippen LogP contribution >= 0.6 is 0 Å². The normalized spacial score (nSPS) is 13.3. The number of para-hydroxylation sites is 1. The van der Waals surface area contributed by atoms with Crippen molar-refractivity contribution in [3.63, 3.8) is 0 Å². The number of rotatable bonds is 15. The average Bonchev–Trinajstić information content (AvgIpc) is 3.43. The molecule has 2 aromatic carbocycles. The SMILES string of the molecule is O=C(NCCOCCOCCNc1nc(NC2CCCC2)nc(Oc2ccccc2)n1)c1ccccc1. The molecule has 1 saturated carbocycles. The maximum Gasteiger partial charge on any atom is 0.328 e. The van der Waals surface area contributed by atoms with Crippen LogP contribution in [0, 0.1) is 0 Å². The molecular weight excluding hydrogens is 472 g/mol. The second-order valence-electron chi connectivity index (χ2n) is 8.58. The minimum absolute atomic E-state index is 0.108. The first-order valence-electron chi connectivity index (χ1n) is 12.7. The molecule has 3 aromatic rings. The Morgan fingerprint density at radius 3 is 2.16 bits per heavy atom. The molecule has 1 fully saturated rings. The molecule has 196 valence electrons. The highest BCUT2D eigenvalue weighted by Crippen LogP contribution is 2.23. The van der Waals surface area contributed by atoms with E-state index in [1.807, 2.05) is 48.5 Å². The number of anilines is 2. The molecule has 0 spiro atoms. The number of hydrogen-bond donors (Lipinski definition) is 3. The Hall–Kier alpha value is -3.76. The summed E-state index contributed by atoms with van der Waals surface area (Å²) in [6.45, 7) is 2.73. The molecular formula is C27H34N6O4. The number of hydrogen-bond acceptors (Lipinski definition) is 9. The largest absolute Gasteiger partial charge is 0.424 e. The quantitative estimate of drug-likeness (QED) is 0.264. The monoisotopic (exact) mass is 506 g/mol. The van der Waals surface area contributed by atoms with Gasteiger partial charge < -0.3 is 30.2 Å². The van der Waals surface area contributed by atoms with Crippen molar-refractivity contribution in [1.82, 2.24) is 20.3 Å². The number of amides is 1. The highest BCUT2D eigenvalue weighted by molar-refractivity contribution is 5.94. The van der Waals surface area contributed by atoms with Crippen LogP contribution in [-0.4, -0.2) is 66.4 Å². The molecule has 0 saturated heterocycles. The lowest BCUT2D eigenvalue weighted by Gasteiger charge is -2.14. The summed E-state index contributed by atoms with van der Waals surface area (Å²) in [5, 5.41) is 9.41. The van der Waals surface area contributed by atoms with Gasteiger partial charge in [0.1, 0.15) is 5.75 Å². The molecule has 1 aliphatic rings. The maximum absolute atomic E-state index is 12.0. The zero-order chi connectivity index (χ0) is 25.5. The van der Waals surface area contributed by atoms with Crippen LogP contribution in [0.1, 0.15) is 36.0 Å². The minimum Gasteiger partial charge on any atom is -0.424 e. The van der Waals surface area contributed by atoms with Gasteiger partial charge in [0, 0.05) is 24.7 Å². The van der Waals surface area contributed by atoms with Crippen molar-refractivity contribution in [2.75, 3.05) is 50.2 Å². The third kappa shape index (κ3) is 9.32. The molecule has 1 heterocycles. The first-order chi connectivity index (χ1) is 18.3. The fourth-order valence-electron chi connectivity index (χ4n) is 3.88. The smallest absolute Gasteiger partial charge is 0.328 e. The minimum atomic E-state index is -0.108. The van der Waals surface area contributed by atoms with Gasteiger partial charge in [-0.3, -0.25) is 4.79 Å². The summed E-state index contributed by atoms with van der Waals surface area (Å²) in [7, 11) is 0. The van der Waals surface area contributed by atoms with E-state index in [0.717, 1.165) is 12.8 Å². The van der Waals surface area contributed by atoms with E-state index in [1.54, 1.807) is 12.1 Å². The van der Waals surface area contributed by atoms with Crippen LogP contribution in [0.3, 0.4) is 0 Å². The standard InChI is InChI=1S/C27H34N6O4/c34-24(21-9-3-1-4-10-21)28-15-17-35-19-20-36-18-16-29-25-31-26(30-22-11-7-8-12-22)33-27(32-25)37-23-13-5-2-6-14-23/h1-6,9-10,13-14,22H,7-8,11-12,15-20H2,(H,28,34)(H2,29,30,31,32,33). The summed E-state index contributed by atoms with van der Waals surface area (Å²) < 4.78 is 17.0. The van der Waals surface area contributed by atoms with Crippen LogP contribution < -0.4 is 20.7 Å². The zero-order valence-corrected chi connectivity index (χ0v) is 20.9. The van der Waals surface area contributed by atoms with Crippen molar-refractivity contribution in [3.8, 4) is 11.8 Å². The van der Waals surface area contributed by atoms with E-state index in [4.69, 9.17) is 14.2 Å². The Morgan fingerprint density at radius 2 is 1.43 bits per heavy atom. The van der Waals surface area contributed by atoms with E-state index >= 15 is 0 Å². The molecule has 3 N–H and O–H groups in total. The van der Waals surface area contributed by atoms with Crippen LogP contribution in [-0.2, 0) is 9.47 Å². The molecule has 0 bridgehead atoms. The first-order valence-corrected chi connectivity index (χ1v) is 12.7. The topological polar surface area (TPSA) is 120 Å². The summed E-state index contributed by atoms with van der Waals surface area (Å²) >= 11 is 0. The Bertz CT molecular complexity index is 1080. The lowest BCUT2D eigenvalue weighted by Crippen LogP contribution is -2.27. The number of aromatic nitrogens is 3. The fourth-order valence-corrected chi connectivity index (χ4v) is 3.88. The van der Waals surface area contributed by atoms with Gasteiger partial charge in [-0.25, -0.2) is 0 Å². The van der Waals surface area contributed by atoms with Crippen molar-refractivity contribution in [3.05, 3.63) is 66.2 Å². The average molecular weight is 507 g/mol. The van der Waals surface area contributed by atoms with E-state index in [2.05, 4.69) is 30.9 Å². The third-order valence-electron chi connectivity index (χ3n) is 5.73. The predicted molar refractivity (Wildman–Crippen MR) is 141 cm³/mol. The molecule has 37 heavy (non-hydrogen) atoms. The van der Waals surface area contributed by atoms with Crippen molar-refractivity contribution in [2.24, 2.45) is 0 Å². The number of nitrogens with zero attached hydrogens (tertiary/aromatic N) is 3. The molecule has 0 radical (unpaired) electrons. The lowest BCUT2D eigenvalue weighted by atomic mass is 10.2. The highest BCUT2D eigenvalue weighted by Gasteiger charge is 2.17. The van der Waals surface area contributed by atoms with E-state index in [1.165, 1.54) is 12.8 Å². The van der Waals surface area contributed by atoms with Crippen LogP contribution in [0.4, 0.5) is 11.9 Å². The Labute approximate surface area is 217 Å². The van der Waals surface area contributed by atoms with E-state index in [9.17, 15) is 4.79 Å². The van der Waals surface area contributed by atoms with Crippen LogP contribution in [0.15, 0.2) is 60.7 Å². The van der Waals surface area contributed by atoms with Crippen molar-refractivity contribution < 1.29 is 19.0 Å². The maximum atomic E-state index is 12.0. The van der Waals surface area contributed by atoms with Gasteiger partial charge >= 0.3 is 6.01 Å². The molecule has 0 aliphatic heterocycles. The summed E-state index contributed by atoms with van der Waals surface area (Å²) in [6.07, 6.45) is 4.65. The molecule has 1 aromatic heterocycles. The van der Waals surface area contributed by atoms with Crippen molar-refractivity contribution in [1.29, 1.82) is 0 Å². The van der Waals surface area contributed by atoms with Gasteiger partial charge in [0.25, 0.3) is 5.91 Å². The third-order valence-corrected chi connectivity index (χ3v) is 5.73. The van der Waals surface area contributed by atoms with Gasteiger partial charge in [-0.05, 0) is 37.1 Å². The van der Waals surface area contributed by atoms with Crippen molar-refractivity contribution in [2.45, 2.75) is 31.7 Å². The van der Waals surface area contributed by atoms with Gasteiger partial charge in [-0.2, -0.15) is 15.0 Å². The fraction of sp³-hybridized carbons (Fsp3) is 0.407. The lowest BCUT2D eigenvalue weighted by molar-refractivity contribution is 0.0519. The van der Waals surface area contributed by atoms with Gasteiger partial charge in [0.2, 0.25) is 11.9 Å². The first kappa shape index (κ1) is 26.3. The van der Waals surface area contributed by atoms with Gasteiger partial charge in [-0.15, -0.1) is 0 Å². The van der Waals surface area contributed by atoms with Gasteiger partial charge in [0.15, 0.2) is 0 Å². The Morgan fingerprint density at radius 1 is 0.784 bits per heavy atom. The summed E-state index contributed by atoms with van der Waals surface area (Å²) in [4.78, 5) is 25.3. The molecule has 1 aliphatic carbocycles. The molecule has 1 amide bonds. The van der Waals surface area contributed by atoms with Crippen LogP contribution in [0.5, 0.6) is 11.8 Å². The van der Waals surface area contributed by atoms with E-state index in [0.29, 0.717) is 68.8 Å². The summed E-state index contributed by atoms with van der Waals surface area (Å²) in [5.41, 5.74) is 0.636. The van der Waals surface area contributed by atoms with E-state index in [-0.39, 0.29) is 11.9 Å². The second kappa shape index (κ2) is 14.7. The zero-order valence-electron chi connectivity index (χ0n) is 20.9. The second-order valence-corrected chi connectivity index (χ2v) is 8.58. The van der Waals surface area contributed by atoms with E-state index < -0.39 is 0 Å². The molecule has 10 nitrogen and oxygen atoms in total. The molecule has 0 unspecified atom stereocenters. The van der Waals surface area contributed by atoms with Gasteiger partial charge in [-0.1, -0.05) is 49.2 Å². The Balaban J connectivity index is 1.14. The number of ether oxygens (including phenoxy) is 3. The van der Waals surface area contributed by atoms with Crippen molar-refractivity contribution >= 4 is 17.8 Å². The molecule has 4 rings (SSSR count). The van der Waals surface area contributed by atoms with Gasteiger partial charge in [0.05, 0.1) is 26.4 Å². The molecule has 0 atom stereocenters. The number of carbonyl (C=O) groups excluding carboxylic acids is 1. The number of carbonyl (C=O) groups is 1. The number of nitrogens with one attached hydrogen (secondary N) is 3. The predicted octanol–water partition coefficient (Wildman–Crippen LogP) is 3.89. The Kier molecular flexibility index (Phi) is 10.5. The number of benzene rings is 2. The summed E-state index contributed by atoms with van der Waals surface area (Å²) in [5.74, 6) is 1.48. The summed E-state index contributed by atoms with van der Waals surface area (Å²) in [6, 6.07) is 19.1. The highest BCUT2D eigenvalue weighted by atomic mass is 16.5. The molecule has 10 heteroatoms.